The summed E-state index contributed by atoms with van der Waals surface area (Å²) in [6.07, 6.45) is 0. The van der Waals surface area contributed by atoms with Gasteiger partial charge in [-0.3, -0.25) is 4.79 Å². The third kappa shape index (κ3) is 5.11. The van der Waals surface area contributed by atoms with Crippen LogP contribution in [0, 0.1) is 6.92 Å². The summed E-state index contributed by atoms with van der Waals surface area (Å²) in [6, 6.07) is 9.82. The topological polar surface area (TPSA) is 64.6 Å². The average Bonchev–Trinajstić information content (AvgIpc) is 2.61. The first kappa shape index (κ1) is 19.1. The van der Waals surface area contributed by atoms with Crippen LogP contribution in [0.2, 0.25) is 10.0 Å². The number of carbonyl (C=O) groups excluding carboxylic acids is 2. The highest BCUT2D eigenvalue weighted by molar-refractivity contribution is 6.40. The van der Waals surface area contributed by atoms with Crippen LogP contribution in [0.15, 0.2) is 36.4 Å². The van der Waals surface area contributed by atoms with Crippen LogP contribution < -0.4 is 10.1 Å². The van der Waals surface area contributed by atoms with Gasteiger partial charge in [0.1, 0.15) is 5.75 Å². The van der Waals surface area contributed by atoms with E-state index in [9.17, 15) is 9.59 Å². The number of anilines is 1. The van der Waals surface area contributed by atoms with E-state index in [4.69, 9.17) is 32.7 Å². The van der Waals surface area contributed by atoms with Gasteiger partial charge in [-0.1, -0.05) is 35.3 Å². The van der Waals surface area contributed by atoms with E-state index in [-0.39, 0.29) is 13.2 Å². The molecule has 0 bridgehead atoms. The monoisotopic (exact) mass is 381 g/mol. The fourth-order valence-corrected chi connectivity index (χ4v) is 2.49. The molecule has 2 aromatic rings. The van der Waals surface area contributed by atoms with Crippen molar-refractivity contribution in [1.82, 2.24) is 0 Å². The third-order valence-electron chi connectivity index (χ3n) is 3.26. The molecule has 5 nitrogen and oxygen atoms in total. The van der Waals surface area contributed by atoms with E-state index in [1.54, 1.807) is 37.3 Å². The van der Waals surface area contributed by atoms with Crippen LogP contribution in [0.25, 0.3) is 0 Å². The van der Waals surface area contributed by atoms with Gasteiger partial charge in [0, 0.05) is 0 Å². The quantitative estimate of drug-likeness (QED) is 0.748. The average molecular weight is 382 g/mol. The maximum Gasteiger partial charge on any atom is 0.338 e. The molecule has 0 saturated heterocycles. The van der Waals surface area contributed by atoms with Gasteiger partial charge in [0.2, 0.25) is 0 Å². The van der Waals surface area contributed by atoms with Gasteiger partial charge in [-0.15, -0.1) is 0 Å². The summed E-state index contributed by atoms with van der Waals surface area (Å²) in [5, 5.41) is 3.35. The highest BCUT2D eigenvalue weighted by Gasteiger charge is 2.13. The molecule has 25 heavy (non-hydrogen) atoms. The smallest absolute Gasteiger partial charge is 0.338 e. The van der Waals surface area contributed by atoms with Gasteiger partial charge in [-0.05, 0) is 43.7 Å². The Morgan fingerprint density at radius 2 is 1.92 bits per heavy atom. The van der Waals surface area contributed by atoms with Gasteiger partial charge in [0.05, 0.1) is 27.9 Å². The number of rotatable bonds is 6. The van der Waals surface area contributed by atoms with Crippen LogP contribution in [0.3, 0.4) is 0 Å². The van der Waals surface area contributed by atoms with Crippen LogP contribution in [0.4, 0.5) is 5.69 Å². The lowest BCUT2D eigenvalue weighted by molar-refractivity contribution is -0.118. The number of esters is 1. The molecule has 132 valence electrons. The molecule has 0 saturated carbocycles. The summed E-state index contributed by atoms with van der Waals surface area (Å²) in [5.41, 5.74) is 1.49. The van der Waals surface area contributed by atoms with Crippen molar-refractivity contribution < 1.29 is 19.1 Å². The Balaban J connectivity index is 2.00. The molecule has 0 atom stereocenters. The fourth-order valence-electron chi connectivity index (χ4n) is 2.02. The van der Waals surface area contributed by atoms with E-state index in [1.807, 2.05) is 6.92 Å². The van der Waals surface area contributed by atoms with E-state index < -0.39 is 11.9 Å². The Hall–Kier alpha value is -2.24. The second kappa shape index (κ2) is 8.74. The Labute approximate surface area is 155 Å². The summed E-state index contributed by atoms with van der Waals surface area (Å²) in [4.78, 5) is 23.8. The van der Waals surface area contributed by atoms with Crippen molar-refractivity contribution in [2.24, 2.45) is 0 Å². The maximum atomic E-state index is 12.1. The number of nitrogens with one attached hydrogen (secondary N) is 1. The second-order valence-electron chi connectivity index (χ2n) is 5.14. The maximum absolute atomic E-state index is 12.1. The molecule has 0 fully saturated rings. The van der Waals surface area contributed by atoms with E-state index >= 15 is 0 Å². The van der Waals surface area contributed by atoms with Gasteiger partial charge < -0.3 is 14.8 Å². The number of carbonyl (C=O) groups is 2. The molecule has 2 aromatic carbocycles. The second-order valence-corrected chi connectivity index (χ2v) is 5.92. The van der Waals surface area contributed by atoms with E-state index in [0.29, 0.717) is 27.0 Å². The Bertz CT molecular complexity index is 793. The van der Waals surface area contributed by atoms with Crippen molar-refractivity contribution in [2.75, 3.05) is 18.5 Å². The molecule has 0 aliphatic carbocycles. The van der Waals surface area contributed by atoms with Gasteiger partial charge in [-0.25, -0.2) is 4.79 Å². The minimum Gasteiger partial charge on any atom is -0.484 e. The number of ether oxygens (including phenoxy) is 2. The zero-order chi connectivity index (χ0) is 18.4. The Morgan fingerprint density at radius 3 is 2.64 bits per heavy atom. The Morgan fingerprint density at radius 1 is 1.16 bits per heavy atom. The molecule has 1 amide bonds. The van der Waals surface area contributed by atoms with Gasteiger partial charge >= 0.3 is 5.97 Å². The largest absolute Gasteiger partial charge is 0.484 e. The summed E-state index contributed by atoms with van der Waals surface area (Å²) < 4.78 is 10.3. The molecule has 0 heterocycles. The molecule has 7 heteroatoms. The highest BCUT2D eigenvalue weighted by atomic mass is 35.5. The molecule has 0 spiro atoms. The minimum absolute atomic E-state index is 0.257. The molecule has 0 aliphatic rings. The van der Waals surface area contributed by atoms with Crippen molar-refractivity contribution in [3.63, 3.8) is 0 Å². The first-order valence-corrected chi connectivity index (χ1v) is 8.32. The summed E-state index contributed by atoms with van der Waals surface area (Å²) in [6.45, 7) is 3.56. The molecule has 0 radical (unpaired) electrons. The number of aryl methyl sites for hydroxylation is 1. The molecular formula is C18H17Cl2NO4. The van der Waals surface area contributed by atoms with Crippen LogP contribution in [0.1, 0.15) is 22.8 Å². The van der Waals surface area contributed by atoms with Gasteiger partial charge in [0.15, 0.2) is 6.61 Å². The lowest BCUT2D eigenvalue weighted by atomic mass is 10.2. The number of hydrogen-bond donors (Lipinski definition) is 1. The molecule has 0 aliphatic heterocycles. The van der Waals surface area contributed by atoms with E-state index in [0.717, 1.165) is 5.56 Å². The normalized spacial score (nSPS) is 10.2. The number of amides is 1. The SMILES string of the molecule is CCOC(=O)c1cccc(OCC(=O)Nc2c(Cl)ccc(C)c2Cl)c1. The van der Waals surface area contributed by atoms with Crippen LogP contribution in [-0.2, 0) is 9.53 Å². The first-order chi connectivity index (χ1) is 11.9. The molecule has 2 rings (SSSR count). The summed E-state index contributed by atoms with van der Waals surface area (Å²) >= 11 is 12.2. The van der Waals surface area contributed by atoms with Crippen LogP contribution in [-0.4, -0.2) is 25.1 Å². The third-order valence-corrected chi connectivity index (χ3v) is 4.07. The fraction of sp³-hybridized carbons (Fsp3) is 0.222. The number of benzene rings is 2. The predicted octanol–water partition coefficient (Wildman–Crippen LogP) is 4.50. The number of halogens is 2. The van der Waals surface area contributed by atoms with Crippen molar-refractivity contribution >= 4 is 40.8 Å². The minimum atomic E-state index is -0.448. The predicted molar refractivity (Wildman–Crippen MR) is 97.7 cm³/mol. The van der Waals surface area contributed by atoms with Gasteiger partial charge in [0.25, 0.3) is 5.91 Å². The molecular weight excluding hydrogens is 365 g/mol. The summed E-state index contributed by atoms with van der Waals surface area (Å²) in [5.74, 6) is -0.492. The summed E-state index contributed by atoms with van der Waals surface area (Å²) in [7, 11) is 0. The van der Waals surface area contributed by atoms with Gasteiger partial charge in [-0.2, -0.15) is 0 Å². The standard InChI is InChI=1S/C18H17Cl2NO4/c1-3-24-18(23)12-5-4-6-13(9-12)25-10-15(22)21-17-14(19)8-7-11(2)16(17)20/h4-9H,3,10H2,1-2H3,(H,21,22). The molecule has 1 N–H and O–H groups in total. The van der Waals surface area contributed by atoms with Crippen molar-refractivity contribution in [2.45, 2.75) is 13.8 Å². The van der Waals surface area contributed by atoms with E-state index in [2.05, 4.69) is 5.32 Å². The lowest BCUT2D eigenvalue weighted by Gasteiger charge is -2.12. The van der Waals surface area contributed by atoms with Crippen LogP contribution in [0.5, 0.6) is 5.75 Å². The zero-order valence-electron chi connectivity index (χ0n) is 13.8. The van der Waals surface area contributed by atoms with Crippen molar-refractivity contribution in [3.05, 3.63) is 57.6 Å². The van der Waals surface area contributed by atoms with Crippen LogP contribution >= 0.6 is 23.2 Å². The molecule has 0 unspecified atom stereocenters. The van der Waals surface area contributed by atoms with E-state index in [1.165, 1.54) is 6.07 Å². The van der Waals surface area contributed by atoms with Crippen molar-refractivity contribution in [3.8, 4) is 5.75 Å². The first-order valence-electron chi connectivity index (χ1n) is 7.56. The zero-order valence-corrected chi connectivity index (χ0v) is 15.3. The Kier molecular flexibility index (Phi) is 6.67. The lowest BCUT2D eigenvalue weighted by Crippen LogP contribution is -2.20. The highest BCUT2D eigenvalue weighted by Crippen LogP contribution is 2.32. The number of hydrogen-bond acceptors (Lipinski definition) is 4. The van der Waals surface area contributed by atoms with Crippen molar-refractivity contribution in [1.29, 1.82) is 0 Å². The molecule has 0 aromatic heterocycles.